The molecule has 0 spiro atoms. The van der Waals surface area contributed by atoms with Crippen LogP contribution in [0.2, 0.25) is 0 Å². The van der Waals surface area contributed by atoms with Crippen LogP contribution in [0, 0.1) is 0 Å². The van der Waals surface area contributed by atoms with Crippen LogP contribution in [0.1, 0.15) is 10.5 Å². The van der Waals surface area contributed by atoms with Gasteiger partial charge in [-0.1, -0.05) is 30.3 Å². The zero-order valence-electron chi connectivity index (χ0n) is 13.7. The number of hydrogen-bond donors (Lipinski definition) is 1. The summed E-state index contributed by atoms with van der Waals surface area (Å²) in [6.45, 7) is 0. The molecule has 5 nitrogen and oxygen atoms in total. The molecule has 2 heterocycles. The van der Waals surface area contributed by atoms with Gasteiger partial charge in [0.15, 0.2) is 0 Å². The number of anilines is 1. The Morgan fingerprint density at radius 3 is 2.52 bits per heavy atom. The molecule has 1 amide bonds. The molecule has 1 N–H and O–H groups in total. The third kappa shape index (κ3) is 2.76. The maximum Gasteiger partial charge on any atom is 0.274 e. The summed E-state index contributed by atoms with van der Waals surface area (Å²) in [5.41, 5.74) is 4.22. The van der Waals surface area contributed by atoms with Crippen LogP contribution < -0.4 is 4.90 Å². The lowest BCUT2D eigenvalue weighted by Gasteiger charge is -2.16. The Labute approximate surface area is 145 Å². The Hall–Kier alpha value is -3.47. The van der Waals surface area contributed by atoms with E-state index in [1.54, 1.807) is 24.3 Å². The molecule has 25 heavy (non-hydrogen) atoms. The summed E-state index contributed by atoms with van der Waals surface area (Å²) in [5, 5.41) is 0.974. The number of H-pyrrole nitrogens is 1. The predicted molar refractivity (Wildman–Crippen MR) is 98.5 cm³/mol. The van der Waals surface area contributed by atoms with Gasteiger partial charge in [-0.2, -0.15) is 0 Å². The highest BCUT2D eigenvalue weighted by molar-refractivity contribution is 6.09. The van der Waals surface area contributed by atoms with Crippen LogP contribution in [-0.4, -0.2) is 27.9 Å². The highest BCUT2D eigenvalue weighted by Crippen LogP contribution is 2.29. The van der Waals surface area contributed by atoms with Gasteiger partial charge in [0.2, 0.25) is 0 Å². The van der Waals surface area contributed by atoms with Crippen LogP contribution in [0.25, 0.3) is 22.0 Å². The lowest BCUT2D eigenvalue weighted by atomic mass is 10.0. The molecule has 0 unspecified atom stereocenters. The molecule has 0 bridgehead atoms. The van der Waals surface area contributed by atoms with Gasteiger partial charge in [-0.05, 0) is 29.8 Å². The van der Waals surface area contributed by atoms with Gasteiger partial charge in [0, 0.05) is 41.6 Å². The van der Waals surface area contributed by atoms with Crippen molar-refractivity contribution in [3.8, 4) is 11.1 Å². The number of carbonyl (C=O) groups is 1. The number of para-hydroxylation sites is 1. The van der Waals surface area contributed by atoms with E-state index in [9.17, 15) is 4.79 Å². The first-order valence-electron chi connectivity index (χ1n) is 7.94. The molecule has 2 aromatic heterocycles. The van der Waals surface area contributed by atoms with Gasteiger partial charge in [0.05, 0.1) is 0 Å². The summed E-state index contributed by atoms with van der Waals surface area (Å²) < 4.78 is 0. The van der Waals surface area contributed by atoms with Crippen molar-refractivity contribution in [3.05, 3.63) is 79.0 Å². The van der Waals surface area contributed by atoms with E-state index in [1.165, 1.54) is 6.33 Å². The molecule has 0 atom stereocenters. The largest absolute Gasteiger partial charge is 0.350 e. The number of carbonyl (C=O) groups excluding carboxylic acids is 1. The predicted octanol–water partition coefficient (Wildman–Crippen LogP) is 3.90. The van der Waals surface area contributed by atoms with E-state index in [-0.39, 0.29) is 5.91 Å². The van der Waals surface area contributed by atoms with Crippen molar-refractivity contribution in [2.75, 3.05) is 11.9 Å². The Kier molecular flexibility index (Phi) is 3.74. The molecule has 0 saturated carbocycles. The third-order valence-corrected chi connectivity index (χ3v) is 4.21. The monoisotopic (exact) mass is 328 g/mol. The highest BCUT2D eigenvalue weighted by Gasteiger charge is 2.17. The van der Waals surface area contributed by atoms with Crippen LogP contribution >= 0.6 is 0 Å². The van der Waals surface area contributed by atoms with Crippen molar-refractivity contribution in [1.82, 2.24) is 15.0 Å². The number of nitrogens with one attached hydrogen (secondary N) is 1. The average Bonchev–Trinajstić information content (AvgIpc) is 3.12. The van der Waals surface area contributed by atoms with Gasteiger partial charge in [-0.25, -0.2) is 9.97 Å². The van der Waals surface area contributed by atoms with Crippen LogP contribution in [0.15, 0.2) is 73.3 Å². The van der Waals surface area contributed by atoms with Gasteiger partial charge < -0.3 is 9.88 Å². The molecule has 0 aliphatic heterocycles. The molecule has 0 saturated heterocycles. The van der Waals surface area contributed by atoms with Gasteiger partial charge in [-0.3, -0.25) is 4.79 Å². The number of rotatable bonds is 3. The van der Waals surface area contributed by atoms with Crippen LogP contribution in [0.5, 0.6) is 0 Å². The number of nitrogens with zero attached hydrogens (tertiary/aromatic N) is 3. The number of aromatic nitrogens is 3. The minimum Gasteiger partial charge on any atom is -0.350 e. The zero-order chi connectivity index (χ0) is 17.2. The summed E-state index contributed by atoms with van der Waals surface area (Å²) in [7, 11) is 1.77. The lowest BCUT2D eigenvalue weighted by molar-refractivity contribution is 0.0989. The van der Waals surface area contributed by atoms with E-state index in [0.29, 0.717) is 5.69 Å². The number of benzene rings is 2. The van der Waals surface area contributed by atoms with E-state index < -0.39 is 0 Å². The van der Waals surface area contributed by atoms with Crippen molar-refractivity contribution in [2.24, 2.45) is 0 Å². The maximum absolute atomic E-state index is 12.8. The highest BCUT2D eigenvalue weighted by atomic mass is 16.2. The van der Waals surface area contributed by atoms with E-state index in [1.807, 2.05) is 54.6 Å². The first-order valence-corrected chi connectivity index (χ1v) is 7.94. The van der Waals surface area contributed by atoms with E-state index in [4.69, 9.17) is 0 Å². The molecule has 0 fully saturated rings. The Balaban J connectivity index is 1.76. The Bertz CT molecular complexity index is 1030. The fraction of sp³-hybridized carbons (Fsp3) is 0.0500. The second kappa shape index (κ2) is 6.20. The second-order valence-electron chi connectivity index (χ2n) is 5.78. The first-order chi connectivity index (χ1) is 12.2. The minimum absolute atomic E-state index is 0.0855. The van der Waals surface area contributed by atoms with Crippen molar-refractivity contribution in [2.45, 2.75) is 0 Å². The number of hydrogen-bond acceptors (Lipinski definition) is 3. The van der Waals surface area contributed by atoms with Crippen molar-refractivity contribution < 1.29 is 4.79 Å². The molecule has 5 heteroatoms. The molecule has 0 aliphatic rings. The van der Waals surface area contributed by atoms with E-state index in [0.717, 1.165) is 27.7 Å². The SMILES string of the molecule is CN(C(=O)c1cc2c(-c3cncnc3)cccc2[nH]1)c1ccccc1. The summed E-state index contributed by atoms with van der Waals surface area (Å²) in [5.74, 6) is -0.0855. The van der Waals surface area contributed by atoms with Crippen molar-refractivity contribution >= 4 is 22.5 Å². The first kappa shape index (κ1) is 15.1. The topological polar surface area (TPSA) is 61.9 Å². The zero-order valence-corrected chi connectivity index (χ0v) is 13.7. The molecular weight excluding hydrogens is 312 g/mol. The summed E-state index contributed by atoms with van der Waals surface area (Å²) in [6, 6.07) is 17.4. The van der Waals surface area contributed by atoms with Gasteiger partial charge >= 0.3 is 0 Å². The quantitative estimate of drug-likeness (QED) is 0.620. The van der Waals surface area contributed by atoms with Gasteiger partial charge in [0.1, 0.15) is 12.0 Å². The number of fused-ring (bicyclic) bond motifs is 1. The van der Waals surface area contributed by atoms with E-state index in [2.05, 4.69) is 15.0 Å². The molecule has 2 aromatic carbocycles. The summed E-state index contributed by atoms with van der Waals surface area (Å²) >= 11 is 0. The van der Waals surface area contributed by atoms with Crippen molar-refractivity contribution in [1.29, 1.82) is 0 Å². The third-order valence-electron chi connectivity index (χ3n) is 4.21. The van der Waals surface area contributed by atoms with Crippen molar-refractivity contribution in [3.63, 3.8) is 0 Å². The summed E-state index contributed by atoms with van der Waals surface area (Å²) in [6.07, 6.45) is 5.04. The minimum atomic E-state index is -0.0855. The Morgan fingerprint density at radius 1 is 1.00 bits per heavy atom. The molecule has 122 valence electrons. The molecule has 0 aliphatic carbocycles. The Morgan fingerprint density at radius 2 is 1.76 bits per heavy atom. The number of amides is 1. The molecule has 4 aromatic rings. The van der Waals surface area contributed by atoms with E-state index >= 15 is 0 Å². The van der Waals surface area contributed by atoms with Crippen LogP contribution in [-0.2, 0) is 0 Å². The smallest absolute Gasteiger partial charge is 0.274 e. The normalized spacial score (nSPS) is 10.8. The second-order valence-corrected chi connectivity index (χ2v) is 5.78. The molecule has 0 radical (unpaired) electrons. The van der Waals surface area contributed by atoms with Crippen LogP contribution in [0.3, 0.4) is 0 Å². The maximum atomic E-state index is 12.8. The molecule has 4 rings (SSSR count). The van der Waals surface area contributed by atoms with Gasteiger partial charge in [-0.15, -0.1) is 0 Å². The summed E-state index contributed by atoms with van der Waals surface area (Å²) in [4.78, 5) is 25.9. The van der Waals surface area contributed by atoms with Crippen LogP contribution in [0.4, 0.5) is 5.69 Å². The fourth-order valence-corrected chi connectivity index (χ4v) is 2.91. The number of aromatic amines is 1. The standard InChI is InChI=1S/C20H16N4O/c1-24(15-6-3-2-4-7-15)20(25)19-10-17-16(8-5-9-18(17)23-19)14-11-21-13-22-12-14/h2-13,23H,1H3. The average molecular weight is 328 g/mol. The van der Waals surface area contributed by atoms with Gasteiger partial charge in [0.25, 0.3) is 5.91 Å². The molecular formula is C20H16N4O. The lowest BCUT2D eigenvalue weighted by Crippen LogP contribution is -2.26. The fourth-order valence-electron chi connectivity index (χ4n) is 2.91.